The highest BCUT2D eigenvalue weighted by atomic mass is 16.4. The summed E-state index contributed by atoms with van der Waals surface area (Å²) < 4.78 is 0. The number of hydrogen-bond donors (Lipinski definition) is 2. The Labute approximate surface area is 93.3 Å². The topological polar surface area (TPSA) is 78.4 Å². The first-order chi connectivity index (χ1) is 7.68. The van der Waals surface area contributed by atoms with Crippen molar-refractivity contribution in [3.63, 3.8) is 0 Å². The molecule has 0 aliphatic carbocycles. The first-order valence-electron chi connectivity index (χ1n) is 5.17. The smallest absolute Gasteiger partial charge is 0.322 e. The maximum atomic E-state index is 10.9. The standard InChI is InChI=1S/C10H14N4O2/c1-7-9(13-3-2-11-7)14-5-4-12-8(6-14)10(15)16/h2-3,8,12H,4-6H2,1H3,(H,15,16)/t8-/m0/s1. The minimum absolute atomic E-state index is 0.425. The maximum absolute atomic E-state index is 10.9. The fourth-order valence-corrected chi connectivity index (χ4v) is 1.82. The molecule has 1 saturated heterocycles. The van der Waals surface area contributed by atoms with E-state index in [9.17, 15) is 4.79 Å². The lowest BCUT2D eigenvalue weighted by atomic mass is 10.2. The second-order valence-electron chi connectivity index (χ2n) is 3.76. The second-order valence-corrected chi connectivity index (χ2v) is 3.76. The van der Waals surface area contributed by atoms with E-state index in [0.717, 1.165) is 18.1 Å². The first kappa shape index (κ1) is 10.8. The van der Waals surface area contributed by atoms with Crippen LogP contribution in [0.15, 0.2) is 12.4 Å². The molecule has 0 aromatic carbocycles. The summed E-state index contributed by atoms with van der Waals surface area (Å²) in [6.45, 7) is 3.70. The molecule has 1 aromatic heterocycles. The van der Waals surface area contributed by atoms with Gasteiger partial charge in [-0.05, 0) is 6.92 Å². The highest BCUT2D eigenvalue weighted by molar-refractivity contribution is 5.74. The molecule has 0 radical (unpaired) electrons. The van der Waals surface area contributed by atoms with Gasteiger partial charge in [-0.25, -0.2) is 4.98 Å². The van der Waals surface area contributed by atoms with Gasteiger partial charge in [-0.2, -0.15) is 0 Å². The molecule has 1 aliphatic heterocycles. The van der Waals surface area contributed by atoms with Gasteiger partial charge in [0.05, 0.1) is 5.69 Å². The lowest BCUT2D eigenvalue weighted by molar-refractivity contribution is -0.139. The summed E-state index contributed by atoms with van der Waals surface area (Å²) in [6.07, 6.45) is 3.26. The highest BCUT2D eigenvalue weighted by Crippen LogP contribution is 2.15. The predicted octanol–water partition coefficient (Wildman–Crippen LogP) is -0.352. The summed E-state index contributed by atoms with van der Waals surface area (Å²) in [5, 5.41) is 11.9. The summed E-state index contributed by atoms with van der Waals surface area (Å²) in [5.41, 5.74) is 0.827. The van der Waals surface area contributed by atoms with Gasteiger partial charge in [0.25, 0.3) is 0 Å². The summed E-state index contributed by atoms with van der Waals surface area (Å²) in [5.74, 6) is -0.0542. The zero-order chi connectivity index (χ0) is 11.5. The molecule has 2 rings (SSSR count). The number of carboxylic acid groups (broad SMARTS) is 1. The number of aromatic nitrogens is 2. The van der Waals surface area contributed by atoms with Crippen molar-refractivity contribution < 1.29 is 9.90 Å². The van der Waals surface area contributed by atoms with Crippen molar-refractivity contribution in [2.45, 2.75) is 13.0 Å². The van der Waals surface area contributed by atoms with Crippen molar-refractivity contribution in [1.29, 1.82) is 0 Å². The molecule has 1 aliphatic rings. The molecular formula is C10H14N4O2. The van der Waals surface area contributed by atoms with Crippen molar-refractivity contribution in [3.8, 4) is 0 Å². The van der Waals surface area contributed by atoms with E-state index in [1.165, 1.54) is 0 Å². The molecule has 2 N–H and O–H groups in total. The monoisotopic (exact) mass is 222 g/mol. The average Bonchev–Trinajstić information content (AvgIpc) is 2.30. The Kier molecular flexibility index (Phi) is 3.00. The molecule has 1 atom stereocenters. The summed E-state index contributed by atoms with van der Waals surface area (Å²) in [7, 11) is 0. The molecule has 0 bridgehead atoms. The van der Waals surface area contributed by atoms with E-state index < -0.39 is 12.0 Å². The fourth-order valence-electron chi connectivity index (χ4n) is 1.82. The van der Waals surface area contributed by atoms with Gasteiger partial charge in [-0.3, -0.25) is 9.78 Å². The van der Waals surface area contributed by atoms with E-state index in [1.54, 1.807) is 12.4 Å². The third-order valence-corrected chi connectivity index (χ3v) is 2.63. The van der Waals surface area contributed by atoms with Crippen LogP contribution in [0.4, 0.5) is 5.82 Å². The number of carboxylic acids is 1. The number of carbonyl (C=O) groups is 1. The summed E-state index contributed by atoms with van der Waals surface area (Å²) in [6, 6.07) is -0.532. The van der Waals surface area contributed by atoms with E-state index >= 15 is 0 Å². The number of hydrogen-bond acceptors (Lipinski definition) is 5. The van der Waals surface area contributed by atoms with Gasteiger partial charge in [0.1, 0.15) is 11.9 Å². The van der Waals surface area contributed by atoms with E-state index in [2.05, 4.69) is 15.3 Å². The van der Waals surface area contributed by atoms with Gasteiger partial charge in [-0.15, -0.1) is 0 Å². The minimum atomic E-state index is -0.828. The quantitative estimate of drug-likeness (QED) is 0.712. The van der Waals surface area contributed by atoms with Crippen LogP contribution in [0.2, 0.25) is 0 Å². The largest absolute Gasteiger partial charge is 0.480 e. The SMILES string of the molecule is Cc1nccnc1N1CCN[C@H](C(=O)O)C1. The van der Waals surface area contributed by atoms with Crippen LogP contribution in [-0.4, -0.2) is 46.7 Å². The third kappa shape index (κ3) is 2.11. The van der Waals surface area contributed by atoms with Crippen molar-refractivity contribution in [3.05, 3.63) is 18.1 Å². The Hall–Kier alpha value is -1.69. The van der Waals surface area contributed by atoms with Crippen molar-refractivity contribution >= 4 is 11.8 Å². The van der Waals surface area contributed by atoms with Gasteiger partial charge in [-0.1, -0.05) is 0 Å². The second kappa shape index (κ2) is 4.44. The van der Waals surface area contributed by atoms with E-state index in [-0.39, 0.29) is 0 Å². The number of aryl methyl sites for hydroxylation is 1. The minimum Gasteiger partial charge on any atom is -0.480 e. The van der Waals surface area contributed by atoms with Gasteiger partial charge in [0, 0.05) is 32.0 Å². The molecule has 0 amide bonds. The van der Waals surface area contributed by atoms with Crippen molar-refractivity contribution in [2.24, 2.45) is 0 Å². The lowest BCUT2D eigenvalue weighted by Crippen LogP contribution is -2.54. The zero-order valence-corrected chi connectivity index (χ0v) is 9.05. The van der Waals surface area contributed by atoms with E-state index in [1.807, 2.05) is 11.8 Å². The van der Waals surface area contributed by atoms with Gasteiger partial charge >= 0.3 is 5.97 Å². The third-order valence-electron chi connectivity index (χ3n) is 2.63. The number of nitrogens with one attached hydrogen (secondary N) is 1. The Morgan fingerprint density at radius 3 is 3.00 bits per heavy atom. The van der Waals surface area contributed by atoms with Gasteiger partial charge in [0.15, 0.2) is 0 Å². The summed E-state index contributed by atoms with van der Waals surface area (Å²) >= 11 is 0. The van der Waals surface area contributed by atoms with Gasteiger partial charge in [0.2, 0.25) is 0 Å². The molecule has 0 unspecified atom stereocenters. The van der Waals surface area contributed by atoms with E-state index in [0.29, 0.717) is 13.1 Å². The van der Waals surface area contributed by atoms with Crippen LogP contribution < -0.4 is 10.2 Å². The molecule has 86 valence electrons. The molecule has 6 heteroatoms. The molecule has 16 heavy (non-hydrogen) atoms. The van der Waals surface area contributed by atoms with Crippen LogP contribution in [0.5, 0.6) is 0 Å². The van der Waals surface area contributed by atoms with Crippen LogP contribution in [-0.2, 0) is 4.79 Å². The molecular weight excluding hydrogens is 208 g/mol. The van der Waals surface area contributed by atoms with Crippen LogP contribution in [0.1, 0.15) is 5.69 Å². The van der Waals surface area contributed by atoms with Crippen LogP contribution >= 0.6 is 0 Å². The molecule has 0 spiro atoms. The van der Waals surface area contributed by atoms with Crippen LogP contribution in [0.25, 0.3) is 0 Å². The zero-order valence-electron chi connectivity index (χ0n) is 9.05. The average molecular weight is 222 g/mol. The Morgan fingerprint density at radius 2 is 2.31 bits per heavy atom. The first-order valence-corrected chi connectivity index (χ1v) is 5.17. The van der Waals surface area contributed by atoms with Crippen molar-refractivity contribution in [2.75, 3.05) is 24.5 Å². The molecule has 1 aromatic rings. The number of anilines is 1. The predicted molar refractivity (Wildman–Crippen MR) is 58.4 cm³/mol. The number of piperazine rings is 1. The van der Waals surface area contributed by atoms with Gasteiger partial charge < -0.3 is 15.3 Å². The maximum Gasteiger partial charge on any atom is 0.322 e. The Morgan fingerprint density at radius 1 is 1.56 bits per heavy atom. The van der Waals surface area contributed by atoms with Crippen LogP contribution in [0.3, 0.4) is 0 Å². The van der Waals surface area contributed by atoms with E-state index in [4.69, 9.17) is 5.11 Å². The normalized spacial score (nSPS) is 20.8. The Balaban J connectivity index is 2.16. The fraction of sp³-hybridized carbons (Fsp3) is 0.500. The number of aliphatic carboxylic acids is 1. The molecule has 2 heterocycles. The highest BCUT2D eigenvalue weighted by Gasteiger charge is 2.26. The molecule has 6 nitrogen and oxygen atoms in total. The molecule has 0 saturated carbocycles. The van der Waals surface area contributed by atoms with Crippen molar-refractivity contribution in [1.82, 2.24) is 15.3 Å². The number of nitrogens with zero attached hydrogens (tertiary/aromatic N) is 3. The summed E-state index contributed by atoms with van der Waals surface area (Å²) in [4.78, 5) is 21.2. The number of rotatable bonds is 2. The molecule has 1 fully saturated rings. The Bertz CT molecular complexity index is 396. The lowest BCUT2D eigenvalue weighted by Gasteiger charge is -2.32. The van der Waals surface area contributed by atoms with Crippen LogP contribution in [0, 0.1) is 6.92 Å².